The Labute approximate surface area is 113 Å². The number of alkyl halides is 2. The number of fused-ring (bicyclic) bond motifs is 1. The van der Waals surface area contributed by atoms with Crippen molar-refractivity contribution < 1.29 is 27.8 Å². The lowest BCUT2D eigenvalue weighted by molar-refractivity contribution is -0.158. The summed E-state index contributed by atoms with van der Waals surface area (Å²) in [4.78, 5) is 10.9. The normalized spacial score (nSPS) is 23.3. The molecule has 0 aliphatic carbocycles. The fourth-order valence-corrected chi connectivity index (χ4v) is 2.15. The summed E-state index contributed by atoms with van der Waals surface area (Å²) < 4.78 is 41.4. The summed E-state index contributed by atoms with van der Waals surface area (Å²) >= 11 is 0. The van der Waals surface area contributed by atoms with Crippen LogP contribution in [0.2, 0.25) is 0 Å². The molecule has 2 aliphatic rings. The Morgan fingerprint density at radius 2 is 2.00 bits per heavy atom. The predicted molar refractivity (Wildman–Crippen MR) is 65.4 cm³/mol. The number of cyclic esters (lactones) is 1. The molecule has 0 bridgehead atoms. The molecule has 1 aromatic rings. The maximum absolute atomic E-state index is 13.0. The summed E-state index contributed by atoms with van der Waals surface area (Å²) in [6.07, 6.45) is -1.42. The monoisotopic (exact) mass is 285 g/mol. The van der Waals surface area contributed by atoms with Crippen molar-refractivity contribution in [1.82, 2.24) is 0 Å². The van der Waals surface area contributed by atoms with Crippen molar-refractivity contribution >= 4 is 11.7 Å². The van der Waals surface area contributed by atoms with Crippen LogP contribution in [-0.4, -0.2) is 37.8 Å². The number of halogens is 2. The van der Waals surface area contributed by atoms with Crippen LogP contribution in [-0.2, 0) is 9.53 Å². The molecule has 2 heterocycles. The van der Waals surface area contributed by atoms with Gasteiger partial charge < -0.3 is 19.5 Å². The summed E-state index contributed by atoms with van der Waals surface area (Å²) in [6, 6.07) is 5.22. The minimum atomic E-state index is -3.38. The molecule has 0 aromatic heterocycles. The number of carbonyl (C=O) groups is 1. The second-order valence-electron chi connectivity index (χ2n) is 4.68. The van der Waals surface area contributed by atoms with E-state index in [4.69, 9.17) is 9.47 Å². The molecule has 1 unspecified atom stereocenters. The number of nitrogens with one attached hydrogen (secondary N) is 1. The van der Waals surface area contributed by atoms with E-state index in [-0.39, 0.29) is 6.54 Å². The Bertz CT molecular complexity index is 535. The van der Waals surface area contributed by atoms with E-state index in [1.807, 2.05) is 0 Å². The molecule has 0 amide bonds. The molecule has 1 saturated heterocycles. The van der Waals surface area contributed by atoms with Gasteiger partial charge in [-0.1, -0.05) is 0 Å². The maximum Gasteiger partial charge on any atom is 0.377 e. The van der Waals surface area contributed by atoms with Crippen LogP contribution < -0.4 is 14.8 Å². The van der Waals surface area contributed by atoms with E-state index in [0.29, 0.717) is 30.4 Å². The van der Waals surface area contributed by atoms with Crippen LogP contribution in [0.15, 0.2) is 18.2 Å². The van der Waals surface area contributed by atoms with Crippen LogP contribution in [0.25, 0.3) is 0 Å². The highest BCUT2D eigenvalue weighted by Crippen LogP contribution is 2.34. The van der Waals surface area contributed by atoms with Crippen molar-refractivity contribution in [3.8, 4) is 11.5 Å². The first-order chi connectivity index (χ1) is 9.54. The van der Waals surface area contributed by atoms with E-state index in [2.05, 4.69) is 10.1 Å². The van der Waals surface area contributed by atoms with E-state index < -0.39 is 24.4 Å². The molecule has 1 N–H and O–H groups in total. The number of rotatable bonds is 3. The number of carbonyl (C=O) groups excluding carboxylic acids is 1. The van der Waals surface area contributed by atoms with Gasteiger partial charge in [-0.15, -0.1) is 0 Å². The lowest BCUT2D eigenvalue weighted by Crippen LogP contribution is -2.22. The van der Waals surface area contributed by atoms with Gasteiger partial charge >= 0.3 is 11.9 Å². The highest BCUT2D eigenvalue weighted by Gasteiger charge is 2.50. The third-order valence-corrected chi connectivity index (χ3v) is 3.13. The fraction of sp³-hybridized carbons (Fsp3) is 0.462. The van der Waals surface area contributed by atoms with Gasteiger partial charge in [0.2, 0.25) is 0 Å². The van der Waals surface area contributed by atoms with E-state index in [1.165, 1.54) is 0 Å². The zero-order valence-corrected chi connectivity index (χ0v) is 10.5. The molecule has 20 heavy (non-hydrogen) atoms. The Balaban J connectivity index is 1.60. The molecule has 2 aliphatic heterocycles. The van der Waals surface area contributed by atoms with Gasteiger partial charge in [-0.2, -0.15) is 8.78 Å². The number of ether oxygens (including phenoxy) is 3. The smallest absolute Gasteiger partial charge is 0.377 e. The lowest BCUT2D eigenvalue weighted by atomic mass is 10.2. The molecule has 7 heteroatoms. The van der Waals surface area contributed by atoms with Crippen molar-refractivity contribution in [2.24, 2.45) is 0 Å². The molecule has 3 rings (SSSR count). The second kappa shape index (κ2) is 4.81. The van der Waals surface area contributed by atoms with E-state index in [0.717, 1.165) is 0 Å². The number of anilines is 1. The first-order valence-electron chi connectivity index (χ1n) is 6.27. The summed E-state index contributed by atoms with van der Waals surface area (Å²) in [7, 11) is 0. The zero-order valence-electron chi connectivity index (χ0n) is 10.5. The zero-order chi connectivity index (χ0) is 14.2. The van der Waals surface area contributed by atoms with E-state index in [9.17, 15) is 13.6 Å². The summed E-state index contributed by atoms with van der Waals surface area (Å²) in [5, 5.41) is 2.95. The highest BCUT2D eigenvalue weighted by molar-refractivity contribution is 5.79. The van der Waals surface area contributed by atoms with Gasteiger partial charge in [0.15, 0.2) is 11.5 Å². The Morgan fingerprint density at radius 3 is 2.70 bits per heavy atom. The first-order valence-corrected chi connectivity index (χ1v) is 6.27. The molecule has 1 aromatic carbocycles. The quantitative estimate of drug-likeness (QED) is 0.859. The molecular formula is C13H13F2NO4. The van der Waals surface area contributed by atoms with Crippen molar-refractivity contribution in [2.45, 2.75) is 18.4 Å². The van der Waals surface area contributed by atoms with Gasteiger partial charge in [0.25, 0.3) is 0 Å². The van der Waals surface area contributed by atoms with Crippen LogP contribution in [0.3, 0.4) is 0 Å². The van der Waals surface area contributed by atoms with Gasteiger partial charge in [-0.3, -0.25) is 0 Å². The van der Waals surface area contributed by atoms with Crippen LogP contribution in [0.1, 0.15) is 6.42 Å². The molecule has 108 valence electrons. The van der Waals surface area contributed by atoms with Gasteiger partial charge in [-0.25, -0.2) is 4.79 Å². The molecular weight excluding hydrogens is 272 g/mol. The molecule has 1 fully saturated rings. The lowest BCUT2D eigenvalue weighted by Gasteiger charge is -2.19. The van der Waals surface area contributed by atoms with Crippen molar-refractivity contribution in [3.63, 3.8) is 0 Å². The standard InChI is InChI=1S/C13H13F2NO4/c14-13(15)6-9(20-12(13)17)7-16-8-1-2-10-11(5-8)19-4-3-18-10/h1-2,5,9,16H,3-4,6-7H2. The number of hydrogen-bond donors (Lipinski definition) is 1. The van der Waals surface area contributed by atoms with Gasteiger partial charge in [0, 0.05) is 11.8 Å². The molecule has 1 atom stereocenters. The number of hydrogen-bond acceptors (Lipinski definition) is 5. The van der Waals surface area contributed by atoms with E-state index >= 15 is 0 Å². The fourth-order valence-electron chi connectivity index (χ4n) is 2.15. The highest BCUT2D eigenvalue weighted by atomic mass is 19.3. The van der Waals surface area contributed by atoms with Crippen molar-refractivity contribution in [2.75, 3.05) is 25.1 Å². The molecule has 0 saturated carbocycles. The summed E-state index contributed by atoms with van der Waals surface area (Å²) in [5.41, 5.74) is 0.695. The van der Waals surface area contributed by atoms with Gasteiger partial charge in [-0.05, 0) is 12.1 Å². The molecule has 0 spiro atoms. The predicted octanol–water partition coefficient (Wildman–Crippen LogP) is 1.82. The van der Waals surface area contributed by atoms with Crippen LogP contribution in [0.5, 0.6) is 11.5 Å². The van der Waals surface area contributed by atoms with Crippen LogP contribution >= 0.6 is 0 Å². The number of esters is 1. The largest absolute Gasteiger partial charge is 0.486 e. The van der Waals surface area contributed by atoms with Crippen molar-refractivity contribution in [3.05, 3.63) is 18.2 Å². The SMILES string of the molecule is O=C1OC(CNc2ccc3c(c2)OCCO3)CC1(F)F. The third kappa shape index (κ3) is 2.48. The summed E-state index contributed by atoms with van der Waals surface area (Å²) in [6.45, 7) is 1.11. The average molecular weight is 285 g/mol. The Morgan fingerprint density at radius 1 is 1.25 bits per heavy atom. The minimum absolute atomic E-state index is 0.126. The Kier molecular flexibility index (Phi) is 3.11. The third-order valence-electron chi connectivity index (χ3n) is 3.13. The first kappa shape index (κ1) is 13.0. The molecule has 5 nitrogen and oxygen atoms in total. The topological polar surface area (TPSA) is 56.8 Å². The van der Waals surface area contributed by atoms with Gasteiger partial charge in [0.1, 0.15) is 19.3 Å². The van der Waals surface area contributed by atoms with Crippen molar-refractivity contribution in [1.29, 1.82) is 0 Å². The summed E-state index contributed by atoms with van der Waals surface area (Å²) in [5.74, 6) is -3.57. The number of benzene rings is 1. The Hall–Kier alpha value is -2.05. The average Bonchev–Trinajstić information content (AvgIpc) is 2.70. The molecule has 0 radical (unpaired) electrons. The van der Waals surface area contributed by atoms with E-state index in [1.54, 1.807) is 18.2 Å². The van der Waals surface area contributed by atoms with Crippen LogP contribution in [0, 0.1) is 0 Å². The second-order valence-corrected chi connectivity index (χ2v) is 4.68. The van der Waals surface area contributed by atoms with Gasteiger partial charge in [0.05, 0.1) is 13.0 Å². The maximum atomic E-state index is 13.0. The van der Waals surface area contributed by atoms with Crippen LogP contribution in [0.4, 0.5) is 14.5 Å². The minimum Gasteiger partial charge on any atom is -0.486 e.